The molecular formula is C26H30O2Si3. The van der Waals surface area contributed by atoms with Crippen molar-refractivity contribution in [2.24, 2.45) is 0 Å². The Morgan fingerprint density at radius 1 is 0.548 bits per heavy atom. The molecule has 0 aliphatic carbocycles. The molecule has 0 saturated carbocycles. The van der Waals surface area contributed by atoms with Crippen LogP contribution in [-0.4, -0.2) is 25.2 Å². The van der Waals surface area contributed by atoms with E-state index in [-0.39, 0.29) is 0 Å². The second kappa shape index (κ2) is 9.72. The normalized spacial score (nSPS) is 15.3. The van der Waals surface area contributed by atoms with E-state index in [1.54, 1.807) is 0 Å². The molecule has 2 nitrogen and oxygen atoms in total. The Kier molecular flexibility index (Phi) is 7.25. The van der Waals surface area contributed by atoms with E-state index in [4.69, 9.17) is 8.23 Å². The highest BCUT2D eigenvalue weighted by Crippen LogP contribution is 2.23. The van der Waals surface area contributed by atoms with Crippen LogP contribution >= 0.6 is 0 Å². The Hall–Kier alpha value is -2.55. The van der Waals surface area contributed by atoms with Gasteiger partial charge in [0.1, 0.15) is 0 Å². The number of benzene rings is 3. The molecule has 0 aromatic heterocycles. The highest BCUT2D eigenvalue weighted by Gasteiger charge is 2.48. The molecule has 2 unspecified atom stereocenters. The predicted molar refractivity (Wildman–Crippen MR) is 140 cm³/mol. The lowest BCUT2D eigenvalue weighted by atomic mass is 10.4. The molecule has 3 aromatic carbocycles. The molecule has 3 rings (SSSR count). The summed E-state index contributed by atoms with van der Waals surface area (Å²) in [4.78, 5) is 0. The smallest absolute Gasteiger partial charge is 0.349 e. The van der Waals surface area contributed by atoms with E-state index in [1.165, 1.54) is 5.19 Å². The zero-order valence-electron chi connectivity index (χ0n) is 18.3. The minimum absolute atomic E-state index is 1.09. The van der Waals surface area contributed by atoms with Crippen molar-refractivity contribution in [2.45, 2.75) is 13.1 Å². The Morgan fingerprint density at radius 3 is 1.39 bits per heavy atom. The van der Waals surface area contributed by atoms with Crippen LogP contribution in [0.3, 0.4) is 0 Å². The van der Waals surface area contributed by atoms with Crippen LogP contribution in [0, 0.1) is 0 Å². The maximum Gasteiger partial charge on any atom is 0.349 e. The molecule has 0 saturated heterocycles. The molecule has 0 N–H and O–H groups in total. The number of rotatable bonds is 10. The molecule has 0 aliphatic rings. The van der Waals surface area contributed by atoms with E-state index in [1.807, 2.05) is 71.7 Å². The maximum absolute atomic E-state index is 7.12. The monoisotopic (exact) mass is 458 g/mol. The summed E-state index contributed by atoms with van der Waals surface area (Å²) in [6.07, 6.45) is 0. The molecule has 2 atom stereocenters. The number of hydrogen-bond donors (Lipinski definition) is 0. The van der Waals surface area contributed by atoms with Crippen molar-refractivity contribution in [3.8, 4) is 0 Å². The average Bonchev–Trinajstić information content (AvgIpc) is 2.84. The highest BCUT2D eigenvalue weighted by atomic mass is 28.5. The van der Waals surface area contributed by atoms with Gasteiger partial charge >= 0.3 is 8.56 Å². The van der Waals surface area contributed by atoms with E-state index in [0.717, 1.165) is 10.4 Å². The van der Waals surface area contributed by atoms with Crippen molar-refractivity contribution >= 4 is 40.8 Å². The SMILES string of the molecule is C=C[Si](C)(O[Si](C)(O[Si](C=C)(C=C)c1ccccc1)c1ccccc1)c1ccccc1. The van der Waals surface area contributed by atoms with Gasteiger partial charge in [-0.1, -0.05) is 108 Å². The molecule has 31 heavy (non-hydrogen) atoms. The van der Waals surface area contributed by atoms with Gasteiger partial charge in [0, 0.05) is 0 Å². The summed E-state index contributed by atoms with van der Waals surface area (Å²) < 4.78 is 14.2. The van der Waals surface area contributed by atoms with Crippen molar-refractivity contribution in [2.75, 3.05) is 0 Å². The topological polar surface area (TPSA) is 18.5 Å². The van der Waals surface area contributed by atoms with Crippen LogP contribution in [-0.2, 0) is 8.23 Å². The molecule has 0 spiro atoms. The van der Waals surface area contributed by atoms with Crippen LogP contribution in [0.5, 0.6) is 0 Å². The fraction of sp³-hybridized carbons (Fsp3) is 0.0769. The van der Waals surface area contributed by atoms with Crippen LogP contribution in [0.1, 0.15) is 0 Å². The summed E-state index contributed by atoms with van der Waals surface area (Å²) in [5.74, 6) is 0. The van der Waals surface area contributed by atoms with Crippen LogP contribution in [0.2, 0.25) is 13.1 Å². The Labute approximate surface area is 189 Å². The van der Waals surface area contributed by atoms with Crippen molar-refractivity contribution in [3.63, 3.8) is 0 Å². The predicted octanol–water partition coefficient (Wildman–Crippen LogP) is 4.51. The minimum Gasteiger partial charge on any atom is -0.426 e. The molecular weight excluding hydrogens is 429 g/mol. The zero-order chi connectivity index (χ0) is 22.4. The van der Waals surface area contributed by atoms with Crippen molar-refractivity contribution in [1.82, 2.24) is 0 Å². The molecule has 158 valence electrons. The lowest BCUT2D eigenvalue weighted by Crippen LogP contribution is -2.67. The molecule has 0 radical (unpaired) electrons. The van der Waals surface area contributed by atoms with Crippen molar-refractivity contribution in [1.29, 1.82) is 0 Å². The summed E-state index contributed by atoms with van der Waals surface area (Å²) >= 11 is 0. The average molecular weight is 459 g/mol. The van der Waals surface area contributed by atoms with Crippen molar-refractivity contribution < 1.29 is 8.23 Å². The Bertz CT molecular complexity index is 1020. The van der Waals surface area contributed by atoms with Gasteiger partial charge in [-0.05, 0) is 28.7 Å². The molecule has 0 aliphatic heterocycles. The third-order valence-electron chi connectivity index (χ3n) is 5.64. The van der Waals surface area contributed by atoms with Gasteiger partial charge in [-0.2, -0.15) is 0 Å². The first-order valence-corrected chi connectivity index (χ1v) is 17.3. The highest BCUT2D eigenvalue weighted by molar-refractivity contribution is 7.05. The lowest BCUT2D eigenvalue weighted by molar-refractivity contribution is 0.417. The Balaban J connectivity index is 2.13. The quantitative estimate of drug-likeness (QED) is 0.416. The van der Waals surface area contributed by atoms with Crippen LogP contribution in [0.25, 0.3) is 0 Å². The van der Waals surface area contributed by atoms with Crippen LogP contribution in [0.4, 0.5) is 0 Å². The maximum atomic E-state index is 7.12. The second-order valence-corrected chi connectivity index (χ2v) is 18.0. The summed E-state index contributed by atoms with van der Waals surface area (Å²) in [7, 11) is -8.10. The van der Waals surface area contributed by atoms with Gasteiger partial charge < -0.3 is 8.23 Å². The van der Waals surface area contributed by atoms with Gasteiger partial charge in [-0.25, -0.2) is 0 Å². The van der Waals surface area contributed by atoms with Crippen LogP contribution in [0.15, 0.2) is 128 Å². The first-order valence-electron chi connectivity index (χ1n) is 10.4. The fourth-order valence-electron chi connectivity index (χ4n) is 3.75. The third kappa shape index (κ3) is 4.87. The van der Waals surface area contributed by atoms with Gasteiger partial charge in [0.25, 0.3) is 8.32 Å². The van der Waals surface area contributed by atoms with E-state index in [9.17, 15) is 0 Å². The van der Waals surface area contributed by atoms with E-state index in [0.29, 0.717) is 0 Å². The molecule has 0 amide bonds. The first-order chi connectivity index (χ1) is 14.9. The molecule has 0 bridgehead atoms. The molecule has 3 aromatic rings. The summed E-state index contributed by atoms with van der Waals surface area (Å²) in [6.45, 7) is 16.8. The van der Waals surface area contributed by atoms with Gasteiger partial charge in [-0.15, -0.1) is 19.7 Å². The van der Waals surface area contributed by atoms with E-state index >= 15 is 0 Å². The Morgan fingerprint density at radius 2 is 0.968 bits per heavy atom. The van der Waals surface area contributed by atoms with Gasteiger partial charge in [0.05, 0.1) is 0 Å². The molecule has 0 heterocycles. The second-order valence-electron chi connectivity index (χ2n) is 7.76. The third-order valence-corrected chi connectivity index (χ3v) is 17.9. The van der Waals surface area contributed by atoms with E-state index in [2.05, 4.69) is 69.2 Å². The summed E-state index contributed by atoms with van der Waals surface area (Å²) in [6, 6.07) is 30.9. The number of hydrogen-bond acceptors (Lipinski definition) is 2. The molecule has 5 heteroatoms. The fourth-order valence-corrected chi connectivity index (χ4v) is 16.2. The first kappa shape index (κ1) is 23.1. The van der Waals surface area contributed by atoms with Crippen molar-refractivity contribution in [3.05, 3.63) is 128 Å². The minimum atomic E-state index is -2.92. The standard InChI is InChI=1S/C26H30O2Si3/c1-6-29(4,24-18-12-9-13-19-24)27-30(5,25-20-14-10-15-21-25)28-31(7-2,8-3)26-22-16-11-17-23-26/h6-23H,1-3H2,4-5H3. The van der Waals surface area contributed by atoms with Crippen LogP contribution < -0.4 is 15.6 Å². The summed E-state index contributed by atoms with van der Waals surface area (Å²) in [5, 5.41) is 3.37. The lowest BCUT2D eigenvalue weighted by Gasteiger charge is -2.41. The van der Waals surface area contributed by atoms with Gasteiger partial charge in [0.15, 0.2) is 0 Å². The molecule has 0 fully saturated rings. The van der Waals surface area contributed by atoms with Gasteiger partial charge in [-0.3, -0.25) is 0 Å². The largest absolute Gasteiger partial charge is 0.426 e. The van der Waals surface area contributed by atoms with E-state index < -0.39 is 25.2 Å². The zero-order valence-corrected chi connectivity index (χ0v) is 21.3. The van der Waals surface area contributed by atoms with Gasteiger partial charge in [0.2, 0.25) is 8.32 Å². The summed E-state index contributed by atoms with van der Waals surface area (Å²) in [5.41, 5.74) is 5.89.